The van der Waals surface area contributed by atoms with E-state index in [-0.39, 0.29) is 5.56 Å². The number of benzene rings is 2. The van der Waals surface area contributed by atoms with Gasteiger partial charge in [0.15, 0.2) is 0 Å². The molecule has 0 aliphatic heterocycles. The molecule has 128 valence electrons. The van der Waals surface area contributed by atoms with Crippen molar-refractivity contribution < 1.29 is 0 Å². The van der Waals surface area contributed by atoms with E-state index in [1.54, 1.807) is 17.0 Å². The van der Waals surface area contributed by atoms with Gasteiger partial charge >= 0.3 is 0 Å². The maximum absolute atomic E-state index is 12.8. The lowest BCUT2D eigenvalue weighted by atomic mass is 10.2. The lowest BCUT2D eigenvalue weighted by Crippen LogP contribution is -2.18. The summed E-state index contributed by atoms with van der Waals surface area (Å²) in [5.41, 5.74) is 4.66. The van der Waals surface area contributed by atoms with E-state index < -0.39 is 0 Å². The van der Waals surface area contributed by atoms with Gasteiger partial charge in [0, 0.05) is 21.4 Å². The number of H-pyrrole nitrogens is 1. The second-order valence-electron chi connectivity index (χ2n) is 5.91. The molecule has 0 atom stereocenters. The van der Waals surface area contributed by atoms with E-state index in [0.717, 1.165) is 27.0 Å². The quantitative estimate of drug-likeness (QED) is 0.580. The zero-order valence-corrected chi connectivity index (χ0v) is 16.4. The van der Waals surface area contributed by atoms with Crippen molar-refractivity contribution in [2.24, 2.45) is 4.99 Å². The number of aromatic amines is 1. The smallest absolute Gasteiger partial charge is 0.280 e. The molecule has 0 saturated carbocycles. The molecule has 1 aromatic heterocycles. The number of aryl methyl sites for hydroxylation is 3. The minimum Gasteiger partial charge on any atom is -0.295 e. The summed E-state index contributed by atoms with van der Waals surface area (Å²) in [5, 5.41) is 3.77. The van der Waals surface area contributed by atoms with E-state index >= 15 is 0 Å². The summed E-state index contributed by atoms with van der Waals surface area (Å²) in [6.45, 7) is 5.76. The zero-order valence-electron chi connectivity index (χ0n) is 14.1. The first kappa shape index (κ1) is 17.7. The van der Waals surface area contributed by atoms with Crippen LogP contribution in [-0.2, 0) is 0 Å². The number of aliphatic imine (C=N–C) groups is 1. The van der Waals surface area contributed by atoms with E-state index in [2.05, 4.69) is 26.0 Å². The average Bonchev–Trinajstić information content (AvgIpc) is 2.83. The molecule has 1 heterocycles. The number of hydrogen-bond acceptors (Lipinski definition) is 2. The molecule has 0 saturated heterocycles. The number of nitrogens with zero attached hydrogens (tertiary/aromatic N) is 2. The average molecular weight is 419 g/mol. The van der Waals surface area contributed by atoms with Crippen molar-refractivity contribution in [2.75, 3.05) is 0 Å². The molecule has 0 unspecified atom stereocenters. The van der Waals surface area contributed by atoms with Gasteiger partial charge in [-0.05, 0) is 62.2 Å². The van der Waals surface area contributed by atoms with E-state index in [9.17, 15) is 4.79 Å². The summed E-state index contributed by atoms with van der Waals surface area (Å²) >= 11 is 9.56. The first-order valence-corrected chi connectivity index (χ1v) is 8.92. The van der Waals surface area contributed by atoms with Gasteiger partial charge in [-0.25, -0.2) is 4.68 Å². The normalized spacial score (nSPS) is 11.4. The molecular weight excluding hydrogens is 402 g/mol. The molecule has 2 aromatic carbocycles. The van der Waals surface area contributed by atoms with Gasteiger partial charge < -0.3 is 0 Å². The Morgan fingerprint density at radius 1 is 1.12 bits per heavy atom. The Bertz CT molecular complexity index is 1030. The highest BCUT2D eigenvalue weighted by Gasteiger charge is 2.12. The molecule has 0 fully saturated rings. The highest BCUT2D eigenvalue weighted by molar-refractivity contribution is 9.10. The summed E-state index contributed by atoms with van der Waals surface area (Å²) in [7, 11) is 0. The van der Waals surface area contributed by atoms with Crippen molar-refractivity contribution in [1.29, 1.82) is 0 Å². The van der Waals surface area contributed by atoms with Gasteiger partial charge in [0.05, 0.1) is 16.9 Å². The first-order valence-electron chi connectivity index (χ1n) is 7.75. The molecule has 0 amide bonds. The van der Waals surface area contributed by atoms with Gasteiger partial charge in [-0.3, -0.25) is 14.9 Å². The minimum absolute atomic E-state index is 0.134. The van der Waals surface area contributed by atoms with E-state index in [1.807, 2.05) is 51.1 Å². The van der Waals surface area contributed by atoms with Gasteiger partial charge in [0.2, 0.25) is 0 Å². The molecule has 6 heteroatoms. The van der Waals surface area contributed by atoms with Gasteiger partial charge in [-0.2, -0.15) is 0 Å². The summed E-state index contributed by atoms with van der Waals surface area (Å²) in [6, 6.07) is 11.3. The largest absolute Gasteiger partial charge is 0.295 e. The molecule has 0 spiro atoms. The highest BCUT2D eigenvalue weighted by atomic mass is 79.9. The van der Waals surface area contributed by atoms with Crippen molar-refractivity contribution in [1.82, 2.24) is 9.78 Å². The summed E-state index contributed by atoms with van der Waals surface area (Å²) < 4.78 is 2.52. The van der Waals surface area contributed by atoms with Gasteiger partial charge in [0.25, 0.3) is 5.56 Å². The molecule has 1 N–H and O–H groups in total. The monoisotopic (exact) mass is 417 g/mol. The molecule has 3 rings (SSSR count). The van der Waals surface area contributed by atoms with Crippen LogP contribution in [0.2, 0.25) is 5.02 Å². The number of rotatable bonds is 3. The Hall–Kier alpha value is -2.11. The number of hydrogen-bond donors (Lipinski definition) is 1. The Kier molecular flexibility index (Phi) is 4.97. The third-order valence-corrected chi connectivity index (χ3v) is 4.92. The standard InChI is InChI=1S/C19H17BrClN3O/c1-11-4-6-15(9-17(11)21)22-10-16-13(3)23-24(19(16)25)18-7-5-14(20)8-12(18)2/h4-10,23H,1-3H3. The second-order valence-corrected chi connectivity index (χ2v) is 7.24. The van der Waals surface area contributed by atoms with Crippen molar-refractivity contribution in [2.45, 2.75) is 20.8 Å². The van der Waals surface area contributed by atoms with E-state index in [0.29, 0.717) is 16.3 Å². The maximum atomic E-state index is 12.8. The maximum Gasteiger partial charge on any atom is 0.280 e. The predicted molar refractivity (Wildman–Crippen MR) is 107 cm³/mol. The Morgan fingerprint density at radius 2 is 1.88 bits per heavy atom. The van der Waals surface area contributed by atoms with Crippen LogP contribution in [0.3, 0.4) is 0 Å². The van der Waals surface area contributed by atoms with Crippen molar-refractivity contribution in [3.63, 3.8) is 0 Å². The second kappa shape index (κ2) is 7.02. The van der Waals surface area contributed by atoms with E-state index in [1.165, 1.54) is 0 Å². The van der Waals surface area contributed by atoms with Crippen LogP contribution < -0.4 is 5.56 Å². The van der Waals surface area contributed by atoms with Crippen LogP contribution in [0.5, 0.6) is 0 Å². The van der Waals surface area contributed by atoms with Crippen LogP contribution >= 0.6 is 27.5 Å². The molecule has 0 radical (unpaired) electrons. The lowest BCUT2D eigenvalue weighted by Gasteiger charge is -2.06. The third-order valence-electron chi connectivity index (χ3n) is 4.01. The van der Waals surface area contributed by atoms with Crippen LogP contribution in [0.15, 0.2) is 50.7 Å². The number of aromatic nitrogens is 2. The fourth-order valence-electron chi connectivity index (χ4n) is 2.55. The Balaban J connectivity index is 2.01. The molecule has 4 nitrogen and oxygen atoms in total. The zero-order chi connectivity index (χ0) is 18.1. The Labute approximate surface area is 159 Å². The van der Waals surface area contributed by atoms with Gasteiger partial charge in [-0.15, -0.1) is 0 Å². The molecular formula is C19H17BrClN3O. The van der Waals surface area contributed by atoms with Crippen LogP contribution in [-0.4, -0.2) is 16.0 Å². The SMILES string of the molecule is Cc1ccc(N=Cc2c(C)[nH]n(-c3ccc(Br)cc3C)c2=O)cc1Cl. The van der Waals surface area contributed by atoms with Crippen molar-refractivity contribution >= 4 is 39.4 Å². The van der Waals surface area contributed by atoms with Crippen molar-refractivity contribution in [3.8, 4) is 5.69 Å². The fraction of sp³-hybridized carbons (Fsp3) is 0.158. The molecule has 0 aliphatic rings. The molecule has 0 bridgehead atoms. The summed E-state index contributed by atoms with van der Waals surface area (Å²) in [6.07, 6.45) is 1.58. The topological polar surface area (TPSA) is 50.1 Å². The lowest BCUT2D eigenvalue weighted by molar-refractivity contribution is 0.828. The summed E-state index contributed by atoms with van der Waals surface area (Å²) in [5.74, 6) is 0. The fourth-order valence-corrected chi connectivity index (χ4v) is 3.20. The number of halogens is 2. The van der Waals surface area contributed by atoms with Crippen LogP contribution in [0.1, 0.15) is 22.4 Å². The molecule has 3 aromatic rings. The first-order chi connectivity index (χ1) is 11.9. The van der Waals surface area contributed by atoms with Crippen LogP contribution in [0.4, 0.5) is 5.69 Å². The van der Waals surface area contributed by atoms with Gasteiger partial charge in [-0.1, -0.05) is 33.6 Å². The Morgan fingerprint density at radius 3 is 2.56 bits per heavy atom. The van der Waals surface area contributed by atoms with E-state index in [4.69, 9.17) is 11.6 Å². The summed E-state index contributed by atoms with van der Waals surface area (Å²) in [4.78, 5) is 17.2. The molecule has 25 heavy (non-hydrogen) atoms. The number of nitrogens with one attached hydrogen (secondary N) is 1. The van der Waals surface area contributed by atoms with Crippen molar-refractivity contribution in [3.05, 3.63) is 78.6 Å². The van der Waals surface area contributed by atoms with Crippen LogP contribution in [0.25, 0.3) is 5.69 Å². The molecule has 0 aliphatic carbocycles. The highest BCUT2D eigenvalue weighted by Crippen LogP contribution is 2.22. The van der Waals surface area contributed by atoms with Gasteiger partial charge in [0.1, 0.15) is 0 Å². The third kappa shape index (κ3) is 3.62. The predicted octanol–water partition coefficient (Wildman–Crippen LogP) is 5.26. The van der Waals surface area contributed by atoms with Crippen LogP contribution in [0, 0.1) is 20.8 Å². The minimum atomic E-state index is -0.134.